The van der Waals surface area contributed by atoms with Gasteiger partial charge in [-0.15, -0.1) is 0 Å². The van der Waals surface area contributed by atoms with Crippen molar-refractivity contribution in [1.29, 1.82) is 5.26 Å². The third-order valence-electron chi connectivity index (χ3n) is 5.05. The Morgan fingerprint density at radius 2 is 1.80 bits per heavy atom. The van der Waals surface area contributed by atoms with Crippen LogP contribution in [0, 0.1) is 11.3 Å². The van der Waals surface area contributed by atoms with Crippen LogP contribution in [0.15, 0.2) is 71.5 Å². The molecule has 4 rings (SSSR count). The van der Waals surface area contributed by atoms with Crippen molar-refractivity contribution in [2.45, 2.75) is 6.54 Å². The first kappa shape index (κ1) is 19.0. The number of carbonyl (C=O) groups is 1. The average molecular weight is 397 g/mol. The Balaban J connectivity index is 1.61. The van der Waals surface area contributed by atoms with Crippen LogP contribution in [0.4, 0.5) is 11.4 Å². The summed E-state index contributed by atoms with van der Waals surface area (Å²) in [5, 5.41) is 12.2. The lowest BCUT2D eigenvalue weighted by Gasteiger charge is -2.09. The molecule has 0 bridgehead atoms. The van der Waals surface area contributed by atoms with E-state index >= 15 is 0 Å². The van der Waals surface area contributed by atoms with Crippen molar-refractivity contribution >= 4 is 28.3 Å². The molecular weight excluding hydrogens is 378 g/mol. The van der Waals surface area contributed by atoms with Gasteiger partial charge in [-0.1, -0.05) is 30.3 Å². The fourth-order valence-electron chi connectivity index (χ4n) is 3.45. The van der Waals surface area contributed by atoms with Gasteiger partial charge in [-0.3, -0.25) is 13.9 Å². The maximum absolute atomic E-state index is 12.7. The van der Waals surface area contributed by atoms with Crippen LogP contribution in [0.25, 0.3) is 11.0 Å². The topological polar surface area (TPSA) is 106 Å². The maximum Gasteiger partial charge on any atom is 0.329 e. The van der Waals surface area contributed by atoms with Crippen molar-refractivity contribution in [1.82, 2.24) is 9.13 Å². The molecule has 30 heavy (non-hydrogen) atoms. The SMILES string of the molecule is Cn1c(=O)n(Cc2ccc(C(=O)Nc3ccccc3N)cc2)c2c(C#N)cccc21. The molecule has 0 aliphatic rings. The first-order valence-corrected chi connectivity index (χ1v) is 9.32. The van der Waals surface area contributed by atoms with E-state index in [0.29, 0.717) is 40.1 Å². The number of amides is 1. The van der Waals surface area contributed by atoms with Crippen LogP contribution in [-0.2, 0) is 13.6 Å². The van der Waals surface area contributed by atoms with Crippen molar-refractivity contribution in [3.05, 3.63) is 93.9 Å². The zero-order chi connectivity index (χ0) is 21.3. The molecule has 0 spiro atoms. The van der Waals surface area contributed by atoms with Crippen LogP contribution in [0.1, 0.15) is 21.5 Å². The summed E-state index contributed by atoms with van der Waals surface area (Å²) in [4.78, 5) is 25.2. The van der Waals surface area contributed by atoms with Crippen LogP contribution in [0.3, 0.4) is 0 Å². The minimum Gasteiger partial charge on any atom is -0.397 e. The molecule has 3 aromatic carbocycles. The molecule has 1 heterocycles. The number of nitrogen functional groups attached to an aromatic ring is 1. The minimum atomic E-state index is -0.270. The smallest absolute Gasteiger partial charge is 0.329 e. The molecule has 0 saturated heterocycles. The zero-order valence-corrected chi connectivity index (χ0v) is 16.3. The van der Waals surface area contributed by atoms with Gasteiger partial charge in [0.2, 0.25) is 0 Å². The molecule has 7 heteroatoms. The average Bonchev–Trinajstić information content (AvgIpc) is 3.01. The third-order valence-corrected chi connectivity index (χ3v) is 5.05. The van der Waals surface area contributed by atoms with Gasteiger partial charge in [-0.25, -0.2) is 4.79 Å². The largest absolute Gasteiger partial charge is 0.397 e. The number of imidazole rings is 1. The Morgan fingerprint density at radius 1 is 1.07 bits per heavy atom. The molecule has 1 amide bonds. The third kappa shape index (κ3) is 3.31. The summed E-state index contributed by atoms with van der Waals surface area (Å²) in [5.41, 5.74) is 9.79. The highest BCUT2D eigenvalue weighted by atomic mass is 16.2. The van der Waals surface area contributed by atoms with Crippen molar-refractivity contribution in [3.63, 3.8) is 0 Å². The number of rotatable bonds is 4. The number of nitrogens with two attached hydrogens (primary N) is 1. The number of carbonyl (C=O) groups excluding carboxylic acids is 1. The van der Waals surface area contributed by atoms with E-state index in [1.54, 1.807) is 72.3 Å². The van der Waals surface area contributed by atoms with Gasteiger partial charge < -0.3 is 11.1 Å². The molecular formula is C23H19N5O2. The van der Waals surface area contributed by atoms with Gasteiger partial charge in [0.05, 0.1) is 34.5 Å². The van der Waals surface area contributed by atoms with E-state index in [2.05, 4.69) is 11.4 Å². The number of para-hydroxylation sites is 3. The summed E-state index contributed by atoms with van der Waals surface area (Å²) in [7, 11) is 1.69. The van der Waals surface area contributed by atoms with E-state index in [0.717, 1.165) is 5.56 Å². The molecule has 1 aromatic heterocycles. The second kappa shape index (κ2) is 7.60. The van der Waals surface area contributed by atoms with E-state index in [1.807, 2.05) is 6.07 Å². The molecule has 4 aromatic rings. The minimum absolute atomic E-state index is 0.200. The number of fused-ring (bicyclic) bond motifs is 1. The lowest BCUT2D eigenvalue weighted by Crippen LogP contribution is -2.23. The van der Waals surface area contributed by atoms with E-state index in [-0.39, 0.29) is 11.6 Å². The van der Waals surface area contributed by atoms with Crippen LogP contribution in [-0.4, -0.2) is 15.0 Å². The Kier molecular flexibility index (Phi) is 4.82. The highest BCUT2D eigenvalue weighted by molar-refractivity contribution is 6.05. The Hall–Kier alpha value is -4.31. The summed E-state index contributed by atoms with van der Waals surface area (Å²) in [6.07, 6.45) is 0. The lowest BCUT2D eigenvalue weighted by atomic mass is 10.1. The van der Waals surface area contributed by atoms with Crippen molar-refractivity contribution in [3.8, 4) is 6.07 Å². The van der Waals surface area contributed by atoms with E-state index in [4.69, 9.17) is 5.73 Å². The molecule has 148 valence electrons. The number of nitrogens with one attached hydrogen (secondary N) is 1. The number of anilines is 2. The Labute approximate surface area is 172 Å². The normalized spacial score (nSPS) is 10.7. The quantitative estimate of drug-likeness (QED) is 0.516. The summed E-state index contributed by atoms with van der Waals surface area (Å²) >= 11 is 0. The van der Waals surface area contributed by atoms with Gasteiger partial charge in [0.25, 0.3) is 5.91 Å². The van der Waals surface area contributed by atoms with Gasteiger partial charge in [0.1, 0.15) is 6.07 Å². The first-order valence-electron chi connectivity index (χ1n) is 9.32. The summed E-state index contributed by atoms with van der Waals surface area (Å²) in [6.45, 7) is 0.294. The van der Waals surface area contributed by atoms with Crippen molar-refractivity contribution < 1.29 is 4.79 Å². The predicted octanol–water partition coefficient (Wildman–Crippen LogP) is 3.09. The van der Waals surface area contributed by atoms with Crippen molar-refractivity contribution in [2.75, 3.05) is 11.1 Å². The van der Waals surface area contributed by atoms with Gasteiger partial charge in [0, 0.05) is 12.6 Å². The van der Waals surface area contributed by atoms with Crippen LogP contribution in [0.2, 0.25) is 0 Å². The molecule has 0 atom stereocenters. The van der Waals surface area contributed by atoms with E-state index < -0.39 is 0 Å². The molecule has 7 nitrogen and oxygen atoms in total. The maximum atomic E-state index is 12.7. The molecule has 0 aliphatic heterocycles. The molecule has 3 N–H and O–H groups in total. The van der Waals surface area contributed by atoms with E-state index in [1.165, 1.54) is 4.57 Å². The number of benzene rings is 3. The number of nitrogens with zero attached hydrogens (tertiary/aromatic N) is 3. The highest BCUT2D eigenvalue weighted by Gasteiger charge is 2.15. The molecule has 0 fully saturated rings. The van der Waals surface area contributed by atoms with Gasteiger partial charge in [0.15, 0.2) is 0 Å². The van der Waals surface area contributed by atoms with Crippen LogP contribution >= 0.6 is 0 Å². The first-order chi connectivity index (χ1) is 14.5. The zero-order valence-electron chi connectivity index (χ0n) is 16.3. The Bertz CT molecular complexity index is 1360. The number of aryl methyl sites for hydroxylation is 1. The number of nitriles is 1. The van der Waals surface area contributed by atoms with Crippen molar-refractivity contribution in [2.24, 2.45) is 7.05 Å². The fraction of sp³-hybridized carbons (Fsp3) is 0.0870. The number of hydrogen-bond donors (Lipinski definition) is 2. The standard InChI is InChI=1S/C23H19N5O2/c1-27-20-8-4-5-17(13-24)21(20)28(23(27)30)14-15-9-11-16(12-10-15)22(29)26-19-7-3-2-6-18(19)25/h2-12H,14,25H2,1H3,(H,26,29). The van der Waals surface area contributed by atoms with Gasteiger partial charge >= 0.3 is 5.69 Å². The highest BCUT2D eigenvalue weighted by Crippen LogP contribution is 2.20. The second-order valence-electron chi connectivity index (χ2n) is 6.95. The summed E-state index contributed by atoms with van der Waals surface area (Å²) < 4.78 is 3.11. The fourth-order valence-corrected chi connectivity index (χ4v) is 3.45. The Morgan fingerprint density at radius 3 is 2.50 bits per heavy atom. The molecule has 0 unspecified atom stereocenters. The van der Waals surface area contributed by atoms with Gasteiger partial charge in [-0.2, -0.15) is 5.26 Å². The molecule has 0 radical (unpaired) electrons. The molecule has 0 aliphatic carbocycles. The van der Waals surface area contributed by atoms with Crippen LogP contribution in [0.5, 0.6) is 0 Å². The molecule has 0 saturated carbocycles. The van der Waals surface area contributed by atoms with Crippen LogP contribution < -0.4 is 16.7 Å². The predicted molar refractivity (Wildman–Crippen MR) is 116 cm³/mol. The summed E-state index contributed by atoms with van der Waals surface area (Å²) in [5.74, 6) is -0.270. The monoisotopic (exact) mass is 397 g/mol. The number of hydrogen-bond acceptors (Lipinski definition) is 4. The summed E-state index contributed by atoms with van der Waals surface area (Å²) in [6, 6.07) is 21.5. The second-order valence-corrected chi connectivity index (χ2v) is 6.95. The van der Waals surface area contributed by atoms with E-state index in [9.17, 15) is 14.9 Å². The number of aromatic nitrogens is 2. The lowest BCUT2D eigenvalue weighted by molar-refractivity contribution is 0.102. The van der Waals surface area contributed by atoms with Gasteiger partial charge in [-0.05, 0) is 42.0 Å².